The summed E-state index contributed by atoms with van der Waals surface area (Å²) in [6.07, 6.45) is 4.69. The Morgan fingerprint density at radius 1 is 1.47 bits per heavy atom. The first-order valence-corrected chi connectivity index (χ1v) is 6.12. The lowest BCUT2D eigenvalue weighted by Crippen LogP contribution is -2.46. The molecule has 1 saturated heterocycles. The molecule has 0 radical (unpaired) electrons. The second-order valence-corrected chi connectivity index (χ2v) is 4.46. The zero-order chi connectivity index (χ0) is 11.1. The average molecular weight is 215 g/mol. The molecule has 1 aliphatic heterocycles. The zero-order valence-corrected chi connectivity index (χ0v) is 10.3. The number of nitrogens with one attached hydrogen (secondary N) is 1. The molecule has 0 aliphatic carbocycles. The Morgan fingerprint density at radius 3 is 2.73 bits per heavy atom. The van der Waals surface area contributed by atoms with Gasteiger partial charge in [0.05, 0.1) is 6.61 Å². The van der Waals surface area contributed by atoms with Crippen molar-refractivity contribution >= 4 is 0 Å². The maximum Gasteiger partial charge on any atom is 0.106 e. The predicted octanol–water partition coefficient (Wildman–Crippen LogP) is 1.96. The highest BCUT2D eigenvalue weighted by Gasteiger charge is 2.34. The van der Waals surface area contributed by atoms with E-state index in [-0.39, 0.29) is 5.60 Å². The fraction of sp³-hybridized carbons (Fsp3) is 1.00. The lowest BCUT2D eigenvalue weighted by atomic mass is 10.0. The molecule has 15 heavy (non-hydrogen) atoms. The molecule has 2 unspecified atom stereocenters. The van der Waals surface area contributed by atoms with E-state index in [1.165, 1.54) is 19.3 Å². The van der Waals surface area contributed by atoms with Crippen LogP contribution in [0.25, 0.3) is 0 Å². The van der Waals surface area contributed by atoms with Crippen LogP contribution in [0, 0.1) is 0 Å². The Hall–Kier alpha value is -0.120. The molecule has 2 atom stereocenters. The van der Waals surface area contributed by atoms with E-state index in [4.69, 9.17) is 9.47 Å². The summed E-state index contributed by atoms with van der Waals surface area (Å²) in [5.41, 5.74) is -0.0683. The van der Waals surface area contributed by atoms with Gasteiger partial charge in [0.2, 0.25) is 0 Å². The maximum atomic E-state index is 5.58. The summed E-state index contributed by atoms with van der Waals surface area (Å²) in [5.74, 6) is 0. The number of hydrogen-bond donors (Lipinski definition) is 1. The fourth-order valence-electron chi connectivity index (χ4n) is 2.09. The molecule has 1 fully saturated rings. The molecule has 0 amide bonds. The van der Waals surface area contributed by atoms with Crippen molar-refractivity contribution in [3.05, 3.63) is 0 Å². The second kappa shape index (κ2) is 6.46. The number of methoxy groups -OCH3 is 1. The van der Waals surface area contributed by atoms with E-state index in [0.717, 1.165) is 26.2 Å². The second-order valence-electron chi connectivity index (χ2n) is 4.46. The van der Waals surface area contributed by atoms with Crippen LogP contribution in [-0.4, -0.2) is 38.5 Å². The van der Waals surface area contributed by atoms with E-state index in [1.54, 1.807) is 7.11 Å². The Balaban J connectivity index is 2.32. The summed E-state index contributed by atoms with van der Waals surface area (Å²) >= 11 is 0. The topological polar surface area (TPSA) is 30.5 Å². The van der Waals surface area contributed by atoms with Gasteiger partial charge in [0, 0.05) is 32.7 Å². The van der Waals surface area contributed by atoms with Crippen LogP contribution in [0.1, 0.15) is 39.5 Å². The van der Waals surface area contributed by atoms with Crippen LogP contribution in [0.4, 0.5) is 0 Å². The van der Waals surface area contributed by atoms with Crippen LogP contribution < -0.4 is 5.32 Å². The van der Waals surface area contributed by atoms with Crippen molar-refractivity contribution in [3.8, 4) is 0 Å². The highest BCUT2D eigenvalue weighted by atomic mass is 16.5. The molecular weight excluding hydrogens is 190 g/mol. The largest absolute Gasteiger partial charge is 0.378 e. The van der Waals surface area contributed by atoms with Crippen molar-refractivity contribution in [2.24, 2.45) is 0 Å². The number of ether oxygens (including phenoxy) is 2. The minimum Gasteiger partial charge on any atom is -0.378 e. The molecule has 3 heteroatoms. The first-order chi connectivity index (χ1) is 7.26. The van der Waals surface area contributed by atoms with Gasteiger partial charge in [-0.25, -0.2) is 0 Å². The molecule has 0 saturated carbocycles. The molecule has 1 rings (SSSR count). The predicted molar refractivity (Wildman–Crippen MR) is 62.2 cm³/mol. The van der Waals surface area contributed by atoms with Crippen molar-refractivity contribution in [1.82, 2.24) is 5.32 Å². The van der Waals surface area contributed by atoms with Gasteiger partial charge in [0.15, 0.2) is 0 Å². The van der Waals surface area contributed by atoms with Gasteiger partial charge in [0.25, 0.3) is 0 Å². The summed E-state index contributed by atoms with van der Waals surface area (Å²) < 4.78 is 11.0. The van der Waals surface area contributed by atoms with Crippen molar-refractivity contribution in [2.45, 2.75) is 51.2 Å². The molecule has 0 bridgehead atoms. The van der Waals surface area contributed by atoms with Gasteiger partial charge in [0.1, 0.15) is 5.60 Å². The lowest BCUT2D eigenvalue weighted by Gasteiger charge is -2.28. The molecule has 1 aliphatic rings. The van der Waals surface area contributed by atoms with Crippen LogP contribution in [0.2, 0.25) is 0 Å². The van der Waals surface area contributed by atoms with Crippen LogP contribution in [0.15, 0.2) is 0 Å². The maximum absolute atomic E-state index is 5.58. The zero-order valence-electron chi connectivity index (χ0n) is 10.3. The monoisotopic (exact) mass is 215 g/mol. The normalized spacial score (nSPS) is 28.2. The highest BCUT2D eigenvalue weighted by Crippen LogP contribution is 2.21. The first kappa shape index (κ1) is 12.9. The van der Waals surface area contributed by atoms with Gasteiger partial charge in [-0.2, -0.15) is 0 Å². The quantitative estimate of drug-likeness (QED) is 0.704. The van der Waals surface area contributed by atoms with E-state index < -0.39 is 0 Å². The van der Waals surface area contributed by atoms with Gasteiger partial charge < -0.3 is 14.8 Å². The highest BCUT2D eigenvalue weighted by molar-refractivity contribution is 4.88. The van der Waals surface area contributed by atoms with Crippen LogP contribution >= 0.6 is 0 Å². The molecule has 1 heterocycles. The molecule has 1 N–H and O–H groups in total. The third-order valence-electron chi connectivity index (χ3n) is 3.34. The molecule has 0 aromatic heterocycles. The smallest absolute Gasteiger partial charge is 0.106 e. The van der Waals surface area contributed by atoms with Crippen LogP contribution in [0.5, 0.6) is 0 Å². The Kier molecular flexibility index (Phi) is 5.58. The third-order valence-corrected chi connectivity index (χ3v) is 3.34. The number of hydrogen-bond acceptors (Lipinski definition) is 3. The van der Waals surface area contributed by atoms with E-state index in [1.807, 2.05) is 0 Å². The molecule has 0 aromatic carbocycles. The van der Waals surface area contributed by atoms with E-state index in [0.29, 0.717) is 6.04 Å². The fourth-order valence-corrected chi connectivity index (χ4v) is 2.09. The Labute approximate surface area is 93.5 Å². The van der Waals surface area contributed by atoms with Crippen molar-refractivity contribution < 1.29 is 9.47 Å². The van der Waals surface area contributed by atoms with Gasteiger partial charge >= 0.3 is 0 Å². The van der Waals surface area contributed by atoms with Gasteiger partial charge in [-0.1, -0.05) is 20.3 Å². The molecule has 3 nitrogen and oxygen atoms in total. The van der Waals surface area contributed by atoms with Crippen molar-refractivity contribution in [3.63, 3.8) is 0 Å². The summed E-state index contributed by atoms with van der Waals surface area (Å²) in [5, 5.41) is 3.60. The van der Waals surface area contributed by atoms with E-state index in [9.17, 15) is 0 Å². The SMILES string of the molecule is CCCC(CC)NCC1(OC)CCOC1. The van der Waals surface area contributed by atoms with Crippen molar-refractivity contribution in [1.29, 1.82) is 0 Å². The third kappa shape index (κ3) is 3.74. The standard InChI is InChI=1S/C12H25NO2/c1-4-6-11(5-2)13-9-12(14-3)7-8-15-10-12/h11,13H,4-10H2,1-3H3. The molecule has 0 spiro atoms. The summed E-state index contributed by atoms with van der Waals surface area (Å²) in [4.78, 5) is 0. The minimum absolute atomic E-state index is 0.0683. The molecular formula is C12H25NO2. The van der Waals surface area contributed by atoms with Gasteiger partial charge in [-0.05, 0) is 12.8 Å². The Morgan fingerprint density at radius 2 is 2.27 bits per heavy atom. The summed E-state index contributed by atoms with van der Waals surface area (Å²) in [6, 6.07) is 0.627. The van der Waals surface area contributed by atoms with Crippen LogP contribution in [-0.2, 0) is 9.47 Å². The summed E-state index contributed by atoms with van der Waals surface area (Å²) in [6.45, 7) is 6.95. The average Bonchev–Trinajstić information content (AvgIpc) is 2.73. The molecule has 0 aromatic rings. The van der Waals surface area contributed by atoms with E-state index in [2.05, 4.69) is 19.2 Å². The Bertz CT molecular complexity index is 167. The minimum atomic E-state index is -0.0683. The molecule has 90 valence electrons. The lowest BCUT2D eigenvalue weighted by molar-refractivity contribution is -0.0177. The van der Waals surface area contributed by atoms with Gasteiger partial charge in [-0.3, -0.25) is 0 Å². The number of rotatable bonds is 7. The van der Waals surface area contributed by atoms with E-state index >= 15 is 0 Å². The summed E-state index contributed by atoms with van der Waals surface area (Å²) in [7, 11) is 1.79. The van der Waals surface area contributed by atoms with Crippen molar-refractivity contribution in [2.75, 3.05) is 26.9 Å². The van der Waals surface area contributed by atoms with Gasteiger partial charge in [-0.15, -0.1) is 0 Å². The first-order valence-electron chi connectivity index (χ1n) is 6.12. The van der Waals surface area contributed by atoms with Crippen LogP contribution in [0.3, 0.4) is 0 Å².